The van der Waals surface area contributed by atoms with Gasteiger partial charge in [0.1, 0.15) is 5.82 Å². The quantitative estimate of drug-likeness (QED) is 0.424. The van der Waals surface area contributed by atoms with Gasteiger partial charge in [0.15, 0.2) is 11.0 Å². The molecular formula is C25H28FN5OS. The minimum absolute atomic E-state index is 0.104. The lowest BCUT2D eigenvalue weighted by Gasteiger charge is -2.34. The van der Waals surface area contributed by atoms with E-state index in [4.69, 9.17) is 0 Å². The minimum atomic E-state index is -0.255. The van der Waals surface area contributed by atoms with Gasteiger partial charge in [0.2, 0.25) is 5.91 Å². The van der Waals surface area contributed by atoms with Crippen molar-refractivity contribution in [2.24, 2.45) is 0 Å². The number of carbonyl (C=O) groups is 1. The first-order valence-corrected chi connectivity index (χ1v) is 12.7. The maximum absolute atomic E-state index is 13.4. The van der Waals surface area contributed by atoms with Crippen molar-refractivity contribution >= 4 is 17.7 Å². The Hall–Kier alpha value is -2.74. The molecule has 1 aromatic carbocycles. The van der Waals surface area contributed by atoms with Gasteiger partial charge in [-0.25, -0.2) is 4.39 Å². The van der Waals surface area contributed by atoms with Gasteiger partial charge in [-0.3, -0.25) is 14.3 Å². The van der Waals surface area contributed by atoms with Crippen LogP contribution in [0, 0.1) is 5.82 Å². The number of pyridine rings is 1. The van der Waals surface area contributed by atoms with E-state index in [0.29, 0.717) is 18.3 Å². The highest BCUT2D eigenvalue weighted by Gasteiger charge is 2.31. The Morgan fingerprint density at radius 3 is 2.42 bits per heavy atom. The third kappa shape index (κ3) is 5.27. The highest BCUT2D eigenvalue weighted by atomic mass is 32.2. The molecule has 0 aliphatic heterocycles. The Labute approximate surface area is 197 Å². The Kier molecular flexibility index (Phi) is 6.71. The molecule has 2 aromatic heterocycles. The van der Waals surface area contributed by atoms with Crippen LogP contribution in [0.3, 0.4) is 0 Å². The van der Waals surface area contributed by atoms with E-state index in [1.807, 2.05) is 17.0 Å². The monoisotopic (exact) mass is 465 g/mol. The van der Waals surface area contributed by atoms with E-state index >= 15 is 0 Å². The molecule has 2 saturated carbocycles. The summed E-state index contributed by atoms with van der Waals surface area (Å²) in [6.45, 7) is 0.516. The van der Waals surface area contributed by atoms with Crippen LogP contribution >= 0.6 is 11.8 Å². The molecular weight excluding hydrogens is 437 g/mol. The van der Waals surface area contributed by atoms with Crippen LogP contribution in [0.5, 0.6) is 0 Å². The third-order valence-electron chi connectivity index (χ3n) is 6.44. The average molecular weight is 466 g/mol. The van der Waals surface area contributed by atoms with Gasteiger partial charge < -0.3 is 4.90 Å². The molecule has 2 aliphatic rings. The second kappa shape index (κ2) is 10.0. The SMILES string of the molecule is O=C(CSc1nnc(-c2ccncc2)n1C1CC1)N(Cc1ccc(F)cc1)C1CCCCC1. The van der Waals surface area contributed by atoms with Crippen LogP contribution in [0.1, 0.15) is 56.6 Å². The maximum Gasteiger partial charge on any atom is 0.233 e. The molecule has 0 spiro atoms. The van der Waals surface area contributed by atoms with Crippen molar-refractivity contribution in [1.82, 2.24) is 24.6 Å². The molecule has 0 unspecified atom stereocenters. The van der Waals surface area contributed by atoms with Crippen LogP contribution < -0.4 is 0 Å². The zero-order valence-corrected chi connectivity index (χ0v) is 19.4. The van der Waals surface area contributed by atoms with Crippen molar-refractivity contribution in [3.05, 3.63) is 60.2 Å². The number of hydrogen-bond donors (Lipinski definition) is 0. The molecule has 33 heavy (non-hydrogen) atoms. The number of halogens is 1. The van der Waals surface area contributed by atoms with Gasteiger partial charge in [0.25, 0.3) is 0 Å². The number of benzene rings is 1. The predicted molar refractivity (Wildman–Crippen MR) is 126 cm³/mol. The molecule has 6 nitrogen and oxygen atoms in total. The van der Waals surface area contributed by atoms with E-state index in [1.165, 1.54) is 30.3 Å². The van der Waals surface area contributed by atoms with E-state index < -0.39 is 0 Å². The summed E-state index contributed by atoms with van der Waals surface area (Å²) in [4.78, 5) is 19.5. The molecule has 2 aliphatic carbocycles. The first-order valence-electron chi connectivity index (χ1n) is 11.7. The summed E-state index contributed by atoms with van der Waals surface area (Å²) in [5.74, 6) is 1.01. The first-order chi connectivity index (χ1) is 16.2. The standard InChI is InChI=1S/C25H28FN5OS/c26-20-8-6-18(7-9-20)16-30(21-4-2-1-3-5-21)23(32)17-33-25-29-28-24(31(25)22-10-11-22)19-12-14-27-15-13-19/h6-9,12-15,21-22H,1-5,10-11,16-17H2. The molecule has 0 atom stereocenters. The Balaban J connectivity index is 1.32. The van der Waals surface area contributed by atoms with Gasteiger partial charge >= 0.3 is 0 Å². The summed E-state index contributed by atoms with van der Waals surface area (Å²) in [6.07, 6.45) is 11.3. The van der Waals surface area contributed by atoms with Crippen molar-refractivity contribution in [2.45, 2.75) is 68.7 Å². The number of nitrogens with zero attached hydrogens (tertiary/aromatic N) is 5. The topological polar surface area (TPSA) is 63.9 Å². The lowest BCUT2D eigenvalue weighted by Crippen LogP contribution is -2.42. The van der Waals surface area contributed by atoms with Crippen molar-refractivity contribution < 1.29 is 9.18 Å². The van der Waals surface area contributed by atoms with Crippen LogP contribution in [0.15, 0.2) is 53.9 Å². The van der Waals surface area contributed by atoms with Gasteiger partial charge in [-0.1, -0.05) is 43.2 Å². The number of carbonyl (C=O) groups excluding carboxylic acids is 1. The van der Waals surface area contributed by atoms with Crippen LogP contribution in [-0.2, 0) is 11.3 Å². The van der Waals surface area contributed by atoms with Crippen molar-refractivity contribution in [3.63, 3.8) is 0 Å². The molecule has 2 fully saturated rings. The molecule has 0 radical (unpaired) electrons. The van der Waals surface area contributed by atoms with Crippen molar-refractivity contribution in [2.75, 3.05) is 5.75 Å². The highest BCUT2D eigenvalue weighted by molar-refractivity contribution is 7.99. The second-order valence-electron chi connectivity index (χ2n) is 8.87. The van der Waals surface area contributed by atoms with E-state index in [9.17, 15) is 9.18 Å². The number of thioether (sulfide) groups is 1. The predicted octanol–water partition coefficient (Wildman–Crippen LogP) is 5.27. The van der Waals surface area contributed by atoms with Crippen LogP contribution in [0.4, 0.5) is 4.39 Å². The largest absolute Gasteiger partial charge is 0.335 e. The smallest absolute Gasteiger partial charge is 0.233 e. The zero-order chi connectivity index (χ0) is 22.6. The molecule has 0 N–H and O–H groups in total. The summed E-state index contributed by atoms with van der Waals surface area (Å²) in [7, 11) is 0. The van der Waals surface area contributed by atoms with E-state index in [0.717, 1.165) is 60.6 Å². The zero-order valence-electron chi connectivity index (χ0n) is 18.6. The fraction of sp³-hybridized carbons (Fsp3) is 0.440. The molecule has 2 heterocycles. The molecule has 0 bridgehead atoms. The van der Waals surface area contributed by atoms with Crippen molar-refractivity contribution in [1.29, 1.82) is 0 Å². The summed E-state index contributed by atoms with van der Waals surface area (Å²) in [5.41, 5.74) is 1.95. The molecule has 172 valence electrons. The summed E-state index contributed by atoms with van der Waals surface area (Å²) < 4.78 is 15.6. The van der Waals surface area contributed by atoms with Crippen LogP contribution in [0.25, 0.3) is 11.4 Å². The Bertz CT molecular complexity index is 1080. The molecule has 3 aromatic rings. The summed E-state index contributed by atoms with van der Waals surface area (Å²) in [6, 6.07) is 11.0. The van der Waals surface area contributed by atoms with E-state index in [-0.39, 0.29) is 17.8 Å². The van der Waals surface area contributed by atoms with Gasteiger partial charge in [-0.2, -0.15) is 0 Å². The summed E-state index contributed by atoms with van der Waals surface area (Å²) in [5, 5.41) is 9.67. The number of amides is 1. The number of aromatic nitrogens is 4. The van der Waals surface area contributed by atoms with Gasteiger partial charge in [-0.05, 0) is 55.5 Å². The number of hydrogen-bond acceptors (Lipinski definition) is 5. The van der Waals surface area contributed by atoms with Crippen molar-refractivity contribution in [3.8, 4) is 11.4 Å². The minimum Gasteiger partial charge on any atom is -0.335 e. The van der Waals surface area contributed by atoms with Gasteiger partial charge in [0, 0.05) is 36.6 Å². The lowest BCUT2D eigenvalue weighted by molar-refractivity contribution is -0.132. The third-order valence-corrected chi connectivity index (χ3v) is 7.37. The van der Waals surface area contributed by atoms with Crippen LogP contribution in [-0.4, -0.2) is 42.4 Å². The molecule has 5 rings (SSSR count). The fourth-order valence-electron chi connectivity index (χ4n) is 4.54. The van der Waals surface area contributed by atoms with Crippen LogP contribution in [0.2, 0.25) is 0 Å². The van der Waals surface area contributed by atoms with E-state index in [1.54, 1.807) is 24.5 Å². The Morgan fingerprint density at radius 1 is 1.00 bits per heavy atom. The second-order valence-corrected chi connectivity index (χ2v) is 9.81. The van der Waals surface area contributed by atoms with E-state index in [2.05, 4.69) is 19.7 Å². The summed E-state index contributed by atoms with van der Waals surface area (Å²) >= 11 is 1.47. The molecule has 8 heteroatoms. The molecule has 0 saturated heterocycles. The maximum atomic E-state index is 13.4. The molecule has 1 amide bonds. The van der Waals surface area contributed by atoms with Gasteiger partial charge in [0.05, 0.1) is 5.75 Å². The Morgan fingerprint density at radius 2 is 1.73 bits per heavy atom. The fourth-order valence-corrected chi connectivity index (χ4v) is 5.44. The lowest BCUT2D eigenvalue weighted by atomic mass is 9.94. The van der Waals surface area contributed by atoms with Gasteiger partial charge in [-0.15, -0.1) is 10.2 Å². The average Bonchev–Trinajstić information content (AvgIpc) is 3.61. The first kappa shape index (κ1) is 22.1. The normalized spacial score (nSPS) is 16.6. The highest BCUT2D eigenvalue weighted by Crippen LogP contribution is 2.41. The number of rotatable bonds is 8.